The second-order valence-corrected chi connectivity index (χ2v) is 9.69. The third-order valence-corrected chi connectivity index (χ3v) is 7.74. The van der Waals surface area contributed by atoms with Crippen LogP contribution in [0.3, 0.4) is 0 Å². The highest BCUT2D eigenvalue weighted by atomic mass is 32.1. The van der Waals surface area contributed by atoms with Crippen LogP contribution in [0.5, 0.6) is 0 Å². The van der Waals surface area contributed by atoms with Gasteiger partial charge in [0.05, 0.1) is 23.3 Å². The van der Waals surface area contributed by atoms with E-state index in [9.17, 15) is 14.9 Å². The van der Waals surface area contributed by atoms with Crippen LogP contribution in [-0.2, 0) is 21.4 Å². The van der Waals surface area contributed by atoms with Gasteiger partial charge >= 0.3 is 0 Å². The Morgan fingerprint density at radius 2 is 1.78 bits per heavy atom. The summed E-state index contributed by atoms with van der Waals surface area (Å²) < 4.78 is 0. The molecule has 2 atom stereocenters. The van der Waals surface area contributed by atoms with Crippen molar-refractivity contribution >= 4 is 23.2 Å². The molecule has 1 saturated heterocycles. The largest absolute Gasteiger partial charge is 0.355 e. The molecule has 1 fully saturated rings. The Balaban J connectivity index is 1.37. The number of hydrogen-bond donors (Lipinski definition) is 1. The summed E-state index contributed by atoms with van der Waals surface area (Å²) in [6.07, 6.45) is 7.29. The Kier molecular flexibility index (Phi) is 7.06. The van der Waals surface area contributed by atoms with E-state index in [4.69, 9.17) is 0 Å². The molecule has 1 aromatic carbocycles. The number of piperidine rings is 1. The first-order valence-corrected chi connectivity index (χ1v) is 12.2. The predicted octanol–water partition coefficient (Wildman–Crippen LogP) is 4.07. The van der Waals surface area contributed by atoms with Crippen molar-refractivity contribution in [3.63, 3.8) is 0 Å². The molecule has 5 nitrogen and oxygen atoms in total. The first kappa shape index (κ1) is 22.3. The third kappa shape index (κ3) is 4.78. The molecule has 0 spiro atoms. The molecule has 0 saturated carbocycles. The monoisotopic (exact) mass is 447 g/mol. The third-order valence-electron chi connectivity index (χ3n) is 6.81. The maximum atomic E-state index is 13.4. The topological polar surface area (TPSA) is 73.2 Å². The van der Waals surface area contributed by atoms with E-state index in [-0.39, 0.29) is 23.7 Å². The number of nitrogens with one attached hydrogen (secondary N) is 1. The van der Waals surface area contributed by atoms with Crippen molar-refractivity contribution in [2.45, 2.75) is 37.5 Å². The van der Waals surface area contributed by atoms with Gasteiger partial charge in [-0.2, -0.15) is 5.26 Å². The summed E-state index contributed by atoms with van der Waals surface area (Å²) in [5.74, 6) is -0.634. The lowest BCUT2D eigenvalue weighted by molar-refractivity contribution is -0.143. The van der Waals surface area contributed by atoms with Crippen molar-refractivity contribution in [1.29, 1.82) is 5.26 Å². The zero-order chi connectivity index (χ0) is 22.4. The lowest BCUT2D eigenvalue weighted by Gasteiger charge is -2.40. The van der Waals surface area contributed by atoms with E-state index >= 15 is 0 Å². The van der Waals surface area contributed by atoms with Crippen LogP contribution in [0.2, 0.25) is 0 Å². The maximum Gasteiger partial charge on any atom is 0.226 e. The molecule has 2 aromatic rings. The number of allylic oxidation sites excluding steroid dienone is 2. The molecule has 0 bridgehead atoms. The highest BCUT2D eigenvalue weighted by Crippen LogP contribution is 2.36. The SMILES string of the molecule is N#CC1(c2ccccc2)CCN(C(=O)C2CC=CCC2C(=O)NCCc2cccs2)CC1. The van der Waals surface area contributed by atoms with Gasteiger partial charge in [-0.25, -0.2) is 0 Å². The van der Waals surface area contributed by atoms with Gasteiger partial charge in [0.2, 0.25) is 11.8 Å². The lowest BCUT2D eigenvalue weighted by atomic mass is 9.73. The molecule has 2 unspecified atom stereocenters. The highest BCUT2D eigenvalue weighted by Gasteiger charge is 2.41. The Morgan fingerprint density at radius 1 is 1.06 bits per heavy atom. The van der Waals surface area contributed by atoms with Gasteiger partial charge in [-0.15, -0.1) is 11.3 Å². The first-order valence-electron chi connectivity index (χ1n) is 11.3. The van der Waals surface area contributed by atoms with E-state index in [1.165, 1.54) is 4.88 Å². The lowest BCUT2D eigenvalue weighted by Crippen LogP contribution is -2.49. The van der Waals surface area contributed by atoms with Gasteiger partial charge in [-0.05, 0) is 49.1 Å². The summed E-state index contributed by atoms with van der Waals surface area (Å²) in [5, 5.41) is 15.0. The van der Waals surface area contributed by atoms with E-state index < -0.39 is 5.41 Å². The molecule has 0 radical (unpaired) electrons. The Hall–Kier alpha value is -2.91. The normalized spacial score (nSPS) is 22.2. The summed E-state index contributed by atoms with van der Waals surface area (Å²) in [7, 11) is 0. The molecule has 166 valence electrons. The van der Waals surface area contributed by atoms with Crippen molar-refractivity contribution in [3.05, 3.63) is 70.4 Å². The van der Waals surface area contributed by atoms with Crippen molar-refractivity contribution in [3.8, 4) is 6.07 Å². The van der Waals surface area contributed by atoms with Gasteiger partial charge in [-0.3, -0.25) is 9.59 Å². The van der Waals surface area contributed by atoms with E-state index in [1.54, 1.807) is 11.3 Å². The number of carbonyl (C=O) groups excluding carboxylic acids is 2. The highest BCUT2D eigenvalue weighted by molar-refractivity contribution is 7.09. The molecular weight excluding hydrogens is 418 g/mol. The molecule has 32 heavy (non-hydrogen) atoms. The number of nitrogens with zero attached hydrogens (tertiary/aromatic N) is 2. The summed E-state index contributed by atoms with van der Waals surface area (Å²) in [6.45, 7) is 1.69. The van der Waals surface area contributed by atoms with Crippen LogP contribution in [0, 0.1) is 23.2 Å². The standard InChI is InChI=1S/C26H29N3O2S/c27-19-26(20-7-2-1-3-8-20)13-16-29(17-14-26)25(31)23-11-5-4-10-22(23)24(30)28-15-12-21-9-6-18-32-21/h1-9,18,22-23H,10-17H2,(H,28,30). The van der Waals surface area contributed by atoms with E-state index in [2.05, 4.69) is 17.5 Å². The number of benzene rings is 1. The van der Waals surface area contributed by atoms with Crippen molar-refractivity contribution < 1.29 is 9.59 Å². The zero-order valence-corrected chi connectivity index (χ0v) is 19.0. The molecular formula is C26H29N3O2S. The van der Waals surface area contributed by atoms with Gasteiger partial charge in [0.1, 0.15) is 0 Å². The first-order chi connectivity index (χ1) is 15.6. The Morgan fingerprint density at radius 3 is 2.44 bits per heavy atom. The fourth-order valence-corrected chi connectivity index (χ4v) is 5.55. The minimum Gasteiger partial charge on any atom is -0.355 e. The molecule has 2 amide bonds. The molecule has 1 aromatic heterocycles. The van der Waals surface area contributed by atoms with Gasteiger partial charge in [0.25, 0.3) is 0 Å². The molecule has 2 aliphatic rings. The number of likely N-dealkylation sites (tertiary alicyclic amines) is 1. The number of rotatable bonds is 6. The molecule has 1 N–H and O–H groups in total. The molecule has 6 heteroatoms. The maximum absolute atomic E-state index is 13.4. The average Bonchev–Trinajstić information content (AvgIpc) is 3.38. The second kappa shape index (κ2) is 10.1. The molecule has 2 heterocycles. The summed E-state index contributed by atoms with van der Waals surface area (Å²) in [6, 6.07) is 16.5. The van der Waals surface area contributed by atoms with Crippen molar-refractivity contribution in [1.82, 2.24) is 10.2 Å². The average molecular weight is 448 g/mol. The van der Waals surface area contributed by atoms with Crippen LogP contribution in [0.15, 0.2) is 60.0 Å². The minimum absolute atomic E-state index is 0.0306. The van der Waals surface area contributed by atoms with Crippen LogP contribution in [0.25, 0.3) is 0 Å². The van der Waals surface area contributed by atoms with Crippen molar-refractivity contribution in [2.24, 2.45) is 11.8 Å². The van der Waals surface area contributed by atoms with E-state index in [0.29, 0.717) is 45.3 Å². The zero-order valence-electron chi connectivity index (χ0n) is 18.2. The smallest absolute Gasteiger partial charge is 0.226 e. The van der Waals surface area contributed by atoms with Crippen LogP contribution < -0.4 is 5.32 Å². The van der Waals surface area contributed by atoms with Crippen LogP contribution in [0.4, 0.5) is 0 Å². The van der Waals surface area contributed by atoms with E-state index in [1.807, 2.05) is 58.8 Å². The van der Waals surface area contributed by atoms with Crippen LogP contribution in [-0.4, -0.2) is 36.3 Å². The summed E-state index contributed by atoms with van der Waals surface area (Å²) in [5.41, 5.74) is 0.487. The summed E-state index contributed by atoms with van der Waals surface area (Å²) >= 11 is 1.69. The number of amides is 2. The number of nitriles is 1. The quantitative estimate of drug-likeness (QED) is 0.679. The molecule has 1 aliphatic carbocycles. The van der Waals surface area contributed by atoms with E-state index in [0.717, 1.165) is 12.0 Å². The van der Waals surface area contributed by atoms with Crippen LogP contribution >= 0.6 is 11.3 Å². The fraction of sp³-hybridized carbons (Fsp3) is 0.423. The van der Waals surface area contributed by atoms with Gasteiger partial charge in [0.15, 0.2) is 0 Å². The fourth-order valence-electron chi connectivity index (χ4n) is 4.84. The van der Waals surface area contributed by atoms with Gasteiger partial charge in [0, 0.05) is 24.5 Å². The summed E-state index contributed by atoms with van der Waals surface area (Å²) in [4.78, 5) is 29.4. The number of thiophene rings is 1. The van der Waals surface area contributed by atoms with Gasteiger partial charge in [-0.1, -0.05) is 48.6 Å². The minimum atomic E-state index is -0.539. The Bertz CT molecular complexity index is 986. The van der Waals surface area contributed by atoms with Crippen LogP contribution in [0.1, 0.15) is 36.1 Å². The number of carbonyl (C=O) groups is 2. The predicted molar refractivity (Wildman–Crippen MR) is 126 cm³/mol. The Labute approximate surface area is 193 Å². The number of hydrogen-bond acceptors (Lipinski definition) is 4. The molecule has 1 aliphatic heterocycles. The van der Waals surface area contributed by atoms with Gasteiger partial charge < -0.3 is 10.2 Å². The second-order valence-electron chi connectivity index (χ2n) is 8.66. The van der Waals surface area contributed by atoms with Crippen molar-refractivity contribution in [2.75, 3.05) is 19.6 Å². The molecule has 4 rings (SSSR count).